The Kier molecular flexibility index (Phi) is 3.49. The predicted molar refractivity (Wildman–Crippen MR) is 58.7 cm³/mol. The number of anilines is 2. The predicted octanol–water partition coefficient (Wildman–Crippen LogP) is 1.27. The zero-order valence-corrected chi connectivity index (χ0v) is 9.07. The number of nitrogens with one attached hydrogen (secondary N) is 1. The van der Waals surface area contributed by atoms with E-state index in [1.54, 1.807) is 0 Å². The Balaban J connectivity index is 3.05. The third kappa shape index (κ3) is 2.59. The fraction of sp³-hybridized carbons (Fsp3) is 0.400. The van der Waals surface area contributed by atoms with Crippen LogP contribution in [0.4, 0.5) is 11.5 Å². The highest BCUT2D eigenvalue weighted by atomic mass is 16.5. The van der Waals surface area contributed by atoms with E-state index in [9.17, 15) is 4.79 Å². The molecule has 5 heteroatoms. The molecule has 5 nitrogen and oxygen atoms in total. The maximum atomic E-state index is 11.3. The molecule has 1 rings (SSSR count). The molecule has 0 aromatic carbocycles. The summed E-state index contributed by atoms with van der Waals surface area (Å²) in [4.78, 5) is 15.4. The third-order valence-corrected chi connectivity index (χ3v) is 1.82. The second kappa shape index (κ2) is 4.63. The van der Waals surface area contributed by atoms with Gasteiger partial charge in [0, 0.05) is 12.2 Å². The molecule has 0 unspecified atom stereocenters. The van der Waals surface area contributed by atoms with Gasteiger partial charge in [0.2, 0.25) is 0 Å². The lowest BCUT2D eigenvalue weighted by Gasteiger charge is -2.12. The van der Waals surface area contributed by atoms with Crippen molar-refractivity contribution in [1.82, 2.24) is 4.98 Å². The standard InChI is InChI=1S/C10H15N3O2/c1-6(2)13-9-8(11)7(4-5-12-9)10(14)15-3/h4-6H,11H2,1-3H3,(H,12,13). The highest BCUT2D eigenvalue weighted by molar-refractivity contribution is 5.97. The summed E-state index contributed by atoms with van der Waals surface area (Å²) < 4.78 is 4.60. The minimum Gasteiger partial charge on any atom is -0.465 e. The van der Waals surface area contributed by atoms with Crippen LogP contribution in [0.2, 0.25) is 0 Å². The number of hydrogen-bond donors (Lipinski definition) is 2. The molecule has 0 radical (unpaired) electrons. The number of rotatable bonds is 3. The zero-order chi connectivity index (χ0) is 11.4. The molecular formula is C10H15N3O2. The van der Waals surface area contributed by atoms with E-state index >= 15 is 0 Å². The number of methoxy groups -OCH3 is 1. The van der Waals surface area contributed by atoms with E-state index in [1.807, 2.05) is 13.8 Å². The summed E-state index contributed by atoms with van der Waals surface area (Å²) in [6.45, 7) is 3.93. The Morgan fingerprint density at radius 3 is 2.80 bits per heavy atom. The maximum absolute atomic E-state index is 11.3. The van der Waals surface area contributed by atoms with Crippen LogP contribution >= 0.6 is 0 Å². The van der Waals surface area contributed by atoms with Crippen molar-refractivity contribution in [2.24, 2.45) is 0 Å². The Labute approximate surface area is 88.6 Å². The summed E-state index contributed by atoms with van der Waals surface area (Å²) in [7, 11) is 1.32. The number of nitrogen functional groups attached to an aromatic ring is 1. The summed E-state index contributed by atoms with van der Waals surface area (Å²) >= 11 is 0. The molecule has 0 aliphatic rings. The highest BCUT2D eigenvalue weighted by Crippen LogP contribution is 2.21. The van der Waals surface area contributed by atoms with Gasteiger partial charge in [-0.3, -0.25) is 0 Å². The molecule has 0 fully saturated rings. The molecule has 0 bridgehead atoms. The van der Waals surface area contributed by atoms with Crippen LogP contribution in [-0.2, 0) is 4.74 Å². The summed E-state index contributed by atoms with van der Waals surface area (Å²) in [5.74, 6) is 0.0506. The fourth-order valence-corrected chi connectivity index (χ4v) is 1.15. The van der Waals surface area contributed by atoms with Gasteiger partial charge < -0.3 is 15.8 Å². The van der Waals surface area contributed by atoms with E-state index in [0.717, 1.165) is 0 Å². The quantitative estimate of drug-likeness (QED) is 0.733. The Hall–Kier alpha value is -1.78. The molecular weight excluding hydrogens is 194 g/mol. The Morgan fingerprint density at radius 1 is 1.60 bits per heavy atom. The number of nitrogens with zero attached hydrogens (tertiary/aromatic N) is 1. The maximum Gasteiger partial charge on any atom is 0.340 e. The van der Waals surface area contributed by atoms with Crippen molar-refractivity contribution < 1.29 is 9.53 Å². The van der Waals surface area contributed by atoms with Gasteiger partial charge in [0.15, 0.2) is 0 Å². The molecule has 0 saturated carbocycles. The van der Waals surface area contributed by atoms with Crippen LogP contribution in [0, 0.1) is 0 Å². The minimum atomic E-state index is -0.457. The first-order chi connectivity index (χ1) is 7.06. The number of esters is 1. The number of pyridine rings is 1. The van der Waals surface area contributed by atoms with Gasteiger partial charge in [0.1, 0.15) is 5.82 Å². The lowest BCUT2D eigenvalue weighted by Crippen LogP contribution is -2.15. The molecule has 1 aromatic rings. The van der Waals surface area contributed by atoms with Crippen LogP contribution in [-0.4, -0.2) is 24.1 Å². The van der Waals surface area contributed by atoms with Crippen LogP contribution in [0.15, 0.2) is 12.3 Å². The van der Waals surface area contributed by atoms with Crippen LogP contribution in [0.1, 0.15) is 24.2 Å². The smallest absolute Gasteiger partial charge is 0.340 e. The molecule has 0 aliphatic carbocycles. The van der Waals surface area contributed by atoms with Gasteiger partial charge in [-0.25, -0.2) is 9.78 Å². The van der Waals surface area contributed by atoms with Crippen molar-refractivity contribution in [2.75, 3.05) is 18.2 Å². The molecule has 3 N–H and O–H groups in total. The average Bonchev–Trinajstić information content (AvgIpc) is 2.19. The van der Waals surface area contributed by atoms with Crippen molar-refractivity contribution >= 4 is 17.5 Å². The number of nitrogens with two attached hydrogens (primary N) is 1. The second-order valence-electron chi connectivity index (χ2n) is 3.41. The van der Waals surface area contributed by atoms with E-state index in [0.29, 0.717) is 17.1 Å². The first-order valence-corrected chi connectivity index (χ1v) is 4.65. The van der Waals surface area contributed by atoms with Gasteiger partial charge in [0.25, 0.3) is 0 Å². The number of aromatic nitrogens is 1. The first kappa shape index (κ1) is 11.3. The van der Waals surface area contributed by atoms with E-state index in [-0.39, 0.29) is 6.04 Å². The van der Waals surface area contributed by atoms with Gasteiger partial charge >= 0.3 is 5.97 Å². The molecule has 1 aromatic heterocycles. The summed E-state index contributed by atoms with van der Waals surface area (Å²) in [5, 5.41) is 3.05. The van der Waals surface area contributed by atoms with Gasteiger partial charge in [0.05, 0.1) is 18.4 Å². The molecule has 0 aliphatic heterocycles. The van der Waals surface area contributed by atoms with Gasteiger partial charge in [-0.1, -0.05) is 0 Å². The summed E-state index contributed by atoms with van der Waals surface area (Å²) in [5.41, 5.74) is 6.43. The van der Waals surface area contributed by atoms with Crippen molar-refractivity contribution in [3.63, 3.8) is 0 Å². The molecule has 15 heavy (non-hydrogen) atoms. The molecule has 0 amide bonds. The van der Waals surface area contributed by atoms with Crippen molar-refractivity contribution in [3.05, 3.63) is 17.8 Å². The SMILES string of the molecule is COC(=O)c1ccnc(NC(C)C)c1N. The average molecular weight is 209 g/mol. The largest absolute Gasteiger partial charge is 0.465 e. The van der Waals surface area contributed by atoms with Crippen LogP contribution in [0.3, 0.4) is 0 Å². The highest BCUT2D eigenvalue weighted by Gasteiger charge is 2.13. The lowest BCUT2D eigenvalue weighted by atomic mass is 10.2. The monoisotopic (exact) mass is 209 g/mol. The van der Waals surface area contributed by atoms with Gasteiger partial charge in [-0.15, -0.1) is 0 Å². The first-order valence-electron chi connectivity index (χ1n) is 4.65. The lowest BCUT2D eigenvalue weighted by molar-refractivity contribution is 0.0602. The van der Waals surface area contributed by atoms with E-state index in [4.69, 9.17) is 5.73 Å². The number of ether oxygens (including phenoxy) is 1. The Morgan fingerprint density at radius 2 is 2.27 bits per heavy atom. The summed E-state index contributed by atoms with van der Waals surface area (Å²) in [6.07, 6.45) is 1.52. The third-order valence-electron chi connectivity index (χ3n) is 1.82. The van der Waals surface area contributed by atoms with Gasteiger partial charge in [-0.05, 0) is 19.9 Å². The molecule has 0 atom stereocenters. The minimum absolute atomic E-state index is 0.202. The zero-order valence-electron chi connectivity index (χ0n) is 9.07. The Bertz CT molecular complexity index is 364. The van der Waals surface area contributed by atoms with E-state index < -0.39 is 5.97 Å². The fourth-order valence-electron chi connectivity index (χ4n) is 1.15. The number of hydrogen-bond acceptors (Lipinski definition) is 5. The number of carbonyl (C=O) groups is 1. The van der Waals surface area contributed by atoms with Crippen LogP contribution in [0.25, 0.3) is 0 Å². The normalized spacial score (nSPS) is 10.1. The molecule has 1 heterocycles. The number of carbonyl (C=O) groups excluding carboxylic acids is 1. The van der Waals surface area contributed by atoms with Crippen molar-refractivity contribution in [2.45, 2.75) is 19.9 Å². The van der Waals surface area contributed by atoms with Crippen LogP contribution in [0.5, 0.6) is 0 Å². The van der Waals surface area contributed by atoms with E-state index in [1.165, 1.54) is 19.4 Å². The molecule has 0 spiro atoms. The summed E-state index contributed by atoms with van der Waals surface area (Å²) in [6, 6.07) is 1.74. The van der Waals surface area contributed by atoms with Crippen molar-refractivity contribution in [3.8, 4) is 0 Å². The van der Waals surface area contributed by atoms with Gasteiger partial charge in [-0.2, -0.15) is 0 Å². The second-order valence-corrected chi connectivity index (χ2v) is 3.41. The molecule has 82 valence electrons. The topological polar surface area (TPSA) is 77.2 Å². The van der Waals surface area contributed by atoms with E-state index in [2.05, 4.69) is 15.0 Å². The molecule has 0 saturated heterocycles. The van der Waals surface area contributed by atoms with Crippen LogP contribution < -0.4 is 11.1 Å². The van der Waals surface area contributed by atoms with Crippen molar-refractivity contribution in [1.29, 1.82) is 0 Å².